The van der Waals surface area contributed by atoms with Crippen LogP contribution in [0.2, 0.25) is 0 Å². The molecule has 6 nitrogen and oxygen atoms in total. The summed E-state index contributed by atoms with van der Waals surface area (Å²) in [7, 11) is 1.67. The maximum absolute atomic E-state index is 12.8. The van der Waals surface area contributed by atoms with Gasteiger partial charge in [0.2, 0.25) is 5.91 Å². The maximum Gasteiger partial charge on any atom is 0.236 e. The van der Waals surface area contributed by atoms with Gasteiger partial charge in [0.25, 0.3) is 0 Å². The van der Waals surface area contributed by atoms with E-state index in [1.807, 2.05) is 29.2 Å². The van der Waals surface area contributed by atoms with E-state index in [0.29, 0.717) is 6.54 Å². The summed E-state index contributed by atoms with van der Waals surface area (Å²) >= 11 is 0. The van der Waals surface area contributed by atoms with Crippen LogP contribution in [0.15, 0.2) is 36.7 Å². The van der Waals surface area contributed by atoms with Gasteiger partial charge in [-0.1, -0.05) is 12.1 Å². The lowest BCUT2D eigenvalue weighted by Gasteiger charge is -2.34. The van der Waals surface area contributed by atoms with Gasteiger partial charge >= 0.3 is 0 Å². The van der Waals surface area contributed by atoms with E-state index in [-0.39, 0.29) is 11.8 Å². The minimum Gasteiger partial charge on any atom is -0.497 e. The van der Waals surface area contributed by atoms with Gasteiger partial charge in [0, 0.05) is 37.0 Å². The average Bonchev–Trinajstić information content (AvgIpc) is 3.27. The van der Waals surface area contributed by atoms with Gasteiger partial charge < -0.3 is 9.64 Å². The van der Waals surface area contributed by atoms with Gasteiger partial charge in [0.15, 0.2) is 0 Å². The predicted octanol–water partition coefficient (Wildman–Crippen LogP) is 2.95. The molecule has 0 N–H and O–H groups in total. The van der Waals surface area contributed by atoms with Gasteiger partial charge in [0.05, 0.1) is 25.0 Å². The third-order valence-corrected chi connectivity index (χ3v) is 5.79. The highest BCUT2D eigenvalue weighted by Gasteiger charge is 2.29. The second-order valence-electron chi connectivity index (χ2n) is 7.68. The van der Waals surface area contributed by atoms with Crippen LogP contribution in [0.3, 0.4) is 0 Å². The van der Waals surface area contributed by atoms with Crippen LogP contribution in [-0.4, -0.2) is 65.5 Å². The summed E-state index contributed by atoms with van der Waals surface area (Å²) in [5, 5.41) is 0. The summed E-state index contributed by atoms with van der Waals surface area (Å²) < 4.78 is 5.37. The van der Waals surface area contributed by atoms with Crippen molar-refractivity contribution in [2.75, 3.05) is 39.8 Å². The normalized spacial score (nSPS) is 20.3. The number of likely N-dealkylation sites (tertiary alicyclic amines) is 2. The Morgan fingerprint density at radius 3 is 2.79 bits per heavy atom. The van der Waals surface area contributed by atoms with Gasteiger partial charge in [0.1, 0.15) is 5.75 Å². The highest BCUT2D eigenvalue weighted by Crippen LogP contribution is 2.33. The van der Waals surface area contributed by atoms with Crippen LogP contribution in [0, 0.1) is 0 Å². The van der Waals surface area contributed by atoms with Gasteiger partial charge in [-0.15, -0.1) is 0 Å². The van der Waals surface area contributed by atoms with Crippen LogP contribution < -0.4 is 4.74 Å². The summed E-state index contributed by atoms with van der Waals surface area (Å²) in [5.74, 6) is 1.27. The molecule has 6 heteroatoms. The lowest BCUT2D eigenvalue weighted by atomic mass is 9.91. The van der Waals surface area contributed by atoms with Gasteiger partial charge in [-0.25, -0.2) is 0 Å². The molecule has 0 bridgehead atoms. The van der Waals surface area contributed by atoms with E-state index in [2.05, 4.69) is 14.9 Å². The Morgan fingerprint density at radius 1 is 1.14 bits per heavy atom. The quantitative estimate of drug-likeness (QED) is 0.798. The molecule has 0 aliphatic carbocycles. The Labute approximate surface area is 166 Å². The minimum absolute atomic E-state index is 0.214. The Morgan fingerprint density at radius 2 is 1.96 bits per heavy atom. The van der Waals surface area contributed by atoms with Crippen LogP contribution in [-0.2, 0) is 4.79 Å². The number of amides is 1. The summed E-state index contributed by atoms with van der Waals surface area (Å²) in [6.45, 7) is 4.22. The van der Waals surface area contributed by atoms with Crippen molar-refractivity contribution in [1.29, 1.82) is 0 Å². The second kappa shape index (κ2) is 8.69. The third kappa shape index (κ3) is 4.17. The Bertz CT molecular complexity index is 820. The number of hydrogen-bond acceptors (Lipinski definition) is 5. The summed E-state index contributed by atoms with van der Waals surface area (Å²) in [6.07, 6.45) is 7.94. The van der Waals surface area contributed by atoms with Crippen molar-refractivity contribution in [3.05, 3.63) is 42.4 Å². The largest absolute Gasteiger partial charge is 0.497 e. The lowest BCUT2D eigenvalue weighted by molar-refractivity contribution is -0.133. The number of carbonyl (C=O) groups is 1. The first kappa shape index (κ1) is 18.9. The van der Waals surface area contributed by atoms with Gasteiger partial charge in [-0.3, -0.25) is 19.7 Å². The molecule has 1 atom stereocenters. The molecule has 1 amide bonds. The molecule has 0 spiro atoms. The van der Waals surface area contributed by atoms with E-state index in [1.165, 1.54) is 12.8 Å². The monoisotopic (exact) mass is 380 g/mol. The molecule has 1 aromatic carbocycles. The summed E-state index contributed by atoms with van der Waals surface area (Å²) in [4.78, 5) is 26.4. The molecule has 2 aromatic rings. The Balaban J connectivity index is 1.53. The zero-order chi connectivity index (χ0) is 19.3. The zero-order valence-corrected chi connectivity index (χ0v) is 16.5. The average molecular weight is 380 g/mol. The van der Waals surface area contributed by atoms with E-state index in [0.717, 1.165) is 61.7 Å². The molecule has 4 rings (SSSR count). The van der Waals surface area contributed by atoms with E-state index < -0.39 is 0 Å². The number of rotatable bonds is 5. The second-order valence-corrected chi connectivity index (χ2v) is 7.68. The zero-order valence-electron chi connectivity index (χ0n) is 16.5. The van der Waals surface area contributed by atoms with Crippen molar-refractivity contribution in [2.24, 2.45) is 0 Å². The van der Waals surface area contributed by atoms with Crippen molar-refractivity contribution in [2.45, 2.75) is 31.6 Å². The molecular weight excluding hydrogens is 352 g/mol. The fourth-order valence-corrected chi connectivity index (χ4v) is 4.30. The van der Waals surface area contributed by atoms with E-state index >= 15 is 0 Å². The fourth-order valence-electron chi connectivity index (χ4n) is 4.30. The summed E-state index contributed by atoms with van der Waals surface area (Å²) in [6, 6.07) is 7.93. The minimum atomic E-state index is 0.214. The Kier molecular flexibility index (Phi) is 5.86. The molecule has 28 heavy (non-hydrogen) atoms. The Hall–Kier alpha value is -2.47. The van der Waals surface area contributed by atoms with E-state index in [9.17, 15) is 4.79 Å². The molecule has 0 saturated carbocycles. The van der Waals surface area contributed by atoms with Crippen LogP contribution in [0.4, 0.5) is 0 Å². The van der Waals surface area contributed by atoms with Crippen molar-refractivity contribution >= 4 is 5.91 Å². The molecule has 2 aliphatic rings. The van der Waals surface area contributed by atoms with Crippen molar-refractivity contribution in [1.82, 2.24) is 19.8 Å². The maximum atomic E-state index is 12.8. The van der Waals surface area contributed by atoms with Gasteiger partial charge in [-0.2, -0.15) is 0 Å². The van der Waals surface area contributed by atoms with Crippen LogP contribution in [0.25, 0.3) is 11.3 Å². The highest BCUT2D eigenvalue weighted by atomic mass is 16.5. The van der Waals surface area contributed by atoms with Crippen molar-refractivity contribution in [3.63, 3.8) is 0 Å². The number of aromatic nitrogens is 2. The molecule has 2 fully saturated rings. The van der Waals surface area contributed by atoms with Crippen molar-refractivity contribution in [3.8, 4) is 17.0 Å². The van der Waals surface area contributed by atoms with Gasteiger partial charge in [-0.05, 0) is 50.9 Å². The number of hydrogen-bond donors (Lipinski definition) is 0. The molecule has 1 unspecified atom stereocenters. The number of methoxy groups -OCH3 is 1. The molecule has 0 radical (unpaired) electrons. The van der Waals surface area contributed by atoms with Crippen LogP contribution >= 0.6 is 0 Å². The molecule has 1 aromatic heterocycles. The number of benzene rings is 1. The first-order chi connectivity index (χ1) is 13.7. The number of ether oxygens (including phenoxy) is 1. The third-order valence-electron chi connectivity index (χ3n) is 5.79. The van der Waals surface area contributed by atoms with E-state index in [4.69, 9.17) is 4.74 Å². The van der Waals surface area contributed by atoms with Crippen LogP contribution in [0.5, 0.6) is 5.75 Å². The van der Waals surface area contributed by atoms with E-state index in [1.54, 1.807) is 19.5 Å². The van der Waals surface area contributed by atoms with Crippen molar-refractivity contribution < 1.29 is 9.53 Å². The SMILES string of the molecule is COc1cccc(-c2nccnc2C2CCCN(C(=O)CN3CCCC3)C2)c1. The smallest absolute Gasteiger partial charge is 0.236 e. The topological polar surface area (TPSA) is 58.6 Å². The molecular formula is C22H28N4O2. The standard InChI is InChI=1S/C22H28N4O2/c1-28-19-8-4-6-17(14-19)21-22(24-10-9-23-21)18-7-5-13-26(15-18)20(27)16-25-11-2-3-12-25/h4,6,8-10,14,18H,2-3,5,7,11-13,15-16H2,1H3. The highest BCUT2D eigenvalue weighted by molar-refractivity contribution is 5.78. The molecule has 148 valence electrons. The number of nitrogens with zero attached hydrogens (tertiary/aromatic N) is 4. The first-order valence-electron chi connectivity index (χ1n) is 10.2. The summed E-state index contributed by atoms with van der Waals surface area (Å²) in [5.41, 5.74) is 2.87. The molecule has 3 heterocycles. The predicted molar refractivity (Wildman–Crippen MR) is 108 cm³/mol. The lowest BCUT2D eigenvalue weighted by Crippen LogP contribution is -2.44. The first-order valence-corrected chi connectivity index (χ1v) is 10.2. The number of piperidine rings is 1. The van der Waals surface area contributed by atoms with Crippen LogP contribution in [0.1, 0.15) is 37.3 Å². The molecule has 2 saturated heterocycles. The fraction of sp³-hybridized carbons (Fsp3) is 0.500. The molecule has 2 aliphatic heterocycles. The number of carbonyl (C=O) groups excluding carboxylic acids is 1.